The van der Waals surface area contributed by atoms with E-state index >= 15 is 0 Å². The Bertz CT molecular complexity index is 531. The summed E-state index contributed by atoms with van der Waals surface area (Å²) in [5.74, 6) is -2.80. The van der Waals surface area contributed by atoms with Crippen LogP contribution in [0.2, 0.25) is 0 Å². The van der Waals surface area contributed by atoms with E-state index < -0.39 is 33.7 Å². The first-order valence-electron chi connectivity index (χ1n) is 10.7. The number of carbonyl (C=O) groups is 2. The fourth-order valence-corrected chi connectivity index (χ4v) is 3.68. The molecule has 1 unspecified atom stereocenters. The number of carboxylic acids is 1. The van der Waals surface area contributed by atoms with Crippen LogP contribution in [0.15, 0.2) is 0 Å². The zero-order valence-corrected chi connectivity index (χ0v) is 24.1. The zero-order chi connectivity index (χ0) is 21.3. The van der Waals surface area contributed by atoms with Crippen molar-refractivity contribution in [1.29, 1.82) is 0 Å². The summed E-state index contributed by atoms with van der Waals surface area (Å²) in [6, 6.07) is 0. The Labute approximate surface area is 227 Å². The molecule has 0 spiro atoms. The number of aliphatic carboxylic acids is 1. The molecule has 0 radical (unpaired) electrons. The van der Waals surface area contributed by atoms with Gasteiger partial charge < -0.3 is 19.8 Å². The molecule has 0 aliphatic rings. The minimum atomic E-state index is -5.09. The van der Waals surface area contributed by atoms with Crippen molar-refractivity contribution in [2.45, 2.75) is 108 Å². The van der Waals surface area contributed by atoms with E-state index in [1.807, 2.05) is 0 Å². The zero-order valence-electron chi connectivity index (χ0n) is 19.2. The number of rotatable bonds is 19. The maximum absolute atomic E-state index is 11.5. The summed E-state index contributed by atoms with van der Waals surface area (Å²) < 4.78 is 32.3. The van der Waals surface area contributed by atoms with Gasteiger partial charge >= 0.3 is 59.1 Å². The third-order valence-corrected chi connectivity index (χ3v) is 5.89. The molecule has 0 saturated carbocycles. The van der Waals surface area contributed by atoms with Crippen LogP contribution in [0.1, 0.15) is 103 Å². The van der Waals surface area contributed by atoms with Crippen LogP contribution in [0.4, 0.5) is 0 Å². The summed E-state index contributed by atoms with van der Waals surface area (Å²) in [6.45, 7) is 2.58. The maximum Gasteiger partial charge on any atom is 1.00 e. The van der Waals surface area contributed by atoms with Gasteiger partial charge in [0.05, 0.1) is 11.2 Å². The molecule has 0 aliphatic heterocycles. The van der Waals surface area contributed by atoms with Crippen molar-refractivity contribution in [3.8, 4) is 0 Å². The predicted octanol–water partition coefficient (Wildman–Crippen LogP) is -3.35. The Kier molecular flexibility index (Phi) is 27.2. The van der Waals surface area contributed by atoms with Crippen molar-refractivity contribution < 1.29 is 86.8 Å². The van der Waals surface area contributed by atoms with Gasteiger partial charge in [0.15, 0.2) is 0 Å². The van der Waals surface area contributed by atoms with Crippen molar-refractivity contribution in [2.75, 3.05) is 6.54 Å². The quantitative estimate of drug-likeness (QED) is 0.121. The summed E-state index contributed by atoms with van der Waals surface area (Å²) in [4.78, 5) is 22.2. The van der Waals surface area contributed by atoms with Gasteiger partial charge in [-0.05, 0) is 6.42 Å². The van der Waals surface area contributed by atoms with E-state index in [2.05, 4.69) is 12.2 Å². The molecule has 0 aliphatic carbocycles. The Hall–Kier alpha value is 0.850. The molecule has 0 fully saturated rings. The second-order valence-corrected chi connectivity index (χ2v) is 9.01. The van der Waals surface area contributed by atoms with Gasteiger partial charge in [-0.1, -0.05) is 90.4 Å². The van der Waals surface area contributed by atoms with E-state index in [-0.39, 0.29) is 59.1 Å². The van der Waals surface area contributed by atoms with E-state index in [1.54, 1.807) is 0 Å². The van der Waals surface area contributed by atoms with Crippen LogP contribution in [0.3, 0.4) is 0 Å². The number of carbonyl (C=O) groups excluding carboxylic acids is 2. The van der Waals surface area contributed by atoms with Crippen molar-refractivity contribution in [3.05, 3.63) is 0 Å². The van der Waals surface area contributed by atoms with Crippen molar-refractivity contribution >= 4 is 22.0 Å². The van der Waals surface area contributed by atoms with E-state index in [0.717, 1.165) is 25.7 Å². The first-order chi connectivity index (χ1) is 13.3. The molecule has 0 saturated heterocycles. The van der Waals surface area contributed by atoms with Crippen LogP contribution in [0, 0.1) is 0 Å². The second-order valence-electron chi connectivity index (χ2n) is 7.45. The average Bonchev–Trinajstić information content (AvgIpc) is 2.61. The van der Waals surface area contributed by atoms with Crippen molar-refractivity contribution in [3.63, 3.8) is 0 Å². The molecular weight excluding hydrogens is 428 g/mol. The van der Waals surface area contributed by atoms with Gasteiger partial charge in [-0.2, -0.15) is 0 Å². The molecule has 7 nitrogen and oxygen atoms in total. The van der Waals surface area contributed by atoms with Gasteiger partial charge in [-0.15, -0.1) is 0 Å². The van der Waals surface area contributed by atoms with Gasteiger partial charge in [0.2, 0.25) is 5.91 Å². The molecule has 10 heteroatoms. The number of nitrogens with one attached hydrogen (secondary N) is 1. The third kappa shape index (κ3) is 22.1. The van der Waals surface area contributed by atoms with Gasteiger partial charge in [-0.25, -0.2) is 8.42 Å². The van der Waals surface area contributed by atoms with Gasteiger partial charge in [0.25, 0.3) is 0 Å². The Morgan fingerprint density at radius 1 is 0.767 bits per heavy atom. The van der Waals surface area contributed by atoms with Crippen molar-refractivity contribution in [2.24, 2.45) is 0 Å². The molecule has 0 aromatic heterocycles. The molecule has 0 aromatic rings. The molecule has 1 atom stereocenters. The van der Waals surface area contributed by atoms with E-state index in [1.165, 1.54) is 64.2 Å². The summed E-state index contributed by atoms with van der Waals surface area (Å²) in [5.41, 5.74) is 0. The van der Waals surface area contributed by atoms with Crippen LogP contribution in [-0.2, 0) is 19.7 Å². The predicted molar refractivity (Wildman–Crippen MR) is 106 cm³/mol. The van der Waals surface area contributed by atoms with E-state index in [0.29, 0.717) is 6.54 Å². The van der Waals surface area contributed by atoms with E-state index in [4.69, 9.17) is 0 Å². The number of hydrogen-bond donors (Lipinski definition) is 1. The normalized spacial score (nSPS) is 11.8. The summed E-state index contributed by atoms with van der Waals surface area (Å²) in [7, 11) is -5.09. The minimum absolute atomic E-state index is 0. The first-order valence-corrected chi connectivity index (χ1v) is 12.2. The molecular formula is C20H37NNa2O6S. The Morgan fingerprint density at radius 2 is 1.13 bits per heavy atom. The van der Waals surface area contributed by atoms with Gasteiger partial charge in [0, 0.05) is 13.0 Å². The number of unbranched alkanes of at least 4 members (excludes halogenated alkanes) is 13. The minimum Gasteiger partial charge on any atom is -0.747 e. The summed E-state index contributed by atoms with van der Waals surface area (Å²) in [6.07, 6.45) is 16.2. The SMILES string of the molecule is CCCCCCCCCCCCCCCCNC(=O)CC(C(=O)[O-])S(=O)(=O)[O-].[Na+].[Na+]. The van der Waals surface area contributed by atoms with Gasteiger partial charge in [-0.3, -0.25) is 4.79 Å². The standard InChI is InChI=1S/C20H39NO6S.2Na/c1-2-3-4-5-6-7-8-9-10-11-12-13-14-15-16-21-19(22)17-18(20(23)24)28(25,26)27;;/h18H,2-17H2,1H3,(H,21,22)(H,23,24)(H,25,26,27);;/q;2*+1/p-2. The Balaban J connectivity index is -0.00000364. The van der Waals surface area contributed by atoms with Crippen LogP contribution in [0.25, 0.3) is 0 Å². The topological polar surface area (TPSA) is 126 Å². The first kappa shape index (κ1) is 35.4. The molecule has 0 heterocycles. The maximum atomic E-state index is 11.5. The van der Waals surface area contributed by atoms with Crippen LogP contribution < -0.4 is 69.5 Å². The van der Waals surface area contributed by atoms with E-state index in [9.17, 15) is 27.7 Å². The average molecular weight is 466 g/mol. The van der Waals surface area contributed by atoms with Crippen LogP contribution in [0.5, 0.6) is 0 Å². The summed E-state index contributed by atoms with van der Waals surface area (Å²) in [5, 5.41) is 10.7. The van der Waals surface area contributed by atoms with Crippen molar-refractivity contribution in [1.82, 2.24) is 5.32 Å². The second kappa shape index (κ2) is 23.0. The number of carboxylic acid groups (broad SMARTS) is 1. The molecule has 0 bridgehead atoms. The van der Waals surface area contributed by atoms with Crippen LogP contribution in [-0.4, -0.2) is 36.6 Å². The Morgan fingerprint density at radius 3 is 1.47 bits per heavy atom. The fraction of sp³-hybridized carbons (Fsp3) is 0.900. The molecule has 166 valence electrons. The molecule has 1 N–H and O–H groups in total. The molecule has 30 heavy (non-hydrogen) atoms. The largest absolute Gasteiger partial charge is 1.00 e. The number of hydrogen-bond acceptors (Lipinski definition) is 6. The molecule has 0 aromatic carbocycles. The molecule has 0 rings (SSSR count). The fourth-order valence-electron chi connectivity index (χ4n) is 3.09. The monoisotopic (exact) mass is 465 g/mol. The summed E-state index contributed by atoms with van der Waals surface area (Å²) >= 11 is 0. The van der Waals surface area contributed by atoms with Crippen LogP contribution >= 0.6 is 0 Å². The number of amides is 1. The smallest absolute Gasteiger partial charge is 0.747 e. The third-order valence-electron chi connectivity index (χ3n) is 4.83. The molecule has 1 amide bonds. The van der Waals surface area contributed by atoms with Gasteiger partial charge in [0.1, 0.15) is 10.1 Å².